The van der Waals surface area contributed by atoms with Crippen molar-refractivity contribution in [2.45, 2.75) is 114 Å². The van der Waals surface area contributed by atoms with Crippen molar-refractivity contribution < 1.29 is 38.6 Å². The molecule has 17 nitrogen and oxygen atoms in total. The Balaban J connectivity index is 1.34. The molecule has 5 rings (SSSR count). The summed E-state index contributed by atoms with van der Waals surface area (Å²) in [4.78, 5) is 81.5. The van der Waals surface area contributed by atoms with Gasteiger partial charge in [-0.05, 0) is 69.2 Å². The Kier molecular flexibility index (Phi) is 15.3. The Bertz CT molecular complexity index is 2000. The highest BCUT2D eigenvalue weighted by molar-refractivity contribution is 6.37. The summed E-state index contributed by atoms with van der Waals surface area (Å²) in [5.41, 5.74) is 5.67. The van der Waals surface area contributed by atoms with E-state index in [1.807, 2.05) is 36.4 Å². The van der Waals surface area contributed by atoms with Gasteiger partial charge in [0.2, 0.25) is 17.6 Å². The maximum Gasteiger partial charge on any atom is 0.407 e. The molecule has 314 valence electrons. The molecule has 1 saturated carbocycles. The summed E-state index contributed by atoms with van der Waals surface area (Å²) >= 11 is 0. The van der Waals surface area contributed by atoms with Gasteiger partial charge in [-0.25, -0.2) is 9.48 Å². The average molecular weight is 812 g/mol. The number of hydrogen-bond donors (Lipinski definition) is 5. The van der Waals surface area contributed by atoms with Gasteiger partial charge < -0.3 is 36.4 Å². The summed E-state index contributed by atoms with van der Waals surface area (Å²) < 4.78 is 6.70. The number of nitriles is 1. The molecule has 1 unspecified atom stereocenters. The molecular weight excluding hydrogens is 759 g/mol. The van der Waals surface area contributed by atoms with Crippen molar-refractivity contribution in [3.05, 3.63) is 83.2 Å². The quantitative estimate of drug-likeness (QED) is 0.0923. The topological polar surface area (TPSA) is 252 Å². The van der Waals surface area contributed by atoms with Crippen LogP contribution in [-0.4, -0.2) is 91.7 Å². The SMILES string of the molecule is CC(C)(O)c1cnnn1[C@H]1C[C@@H](C(=O)NC(CCCCNC(=O)OCc2ccccc2)C(=O)C(N)=O)N(C(=O)[C@@H](CC2CCCCC2)NC(=O)c2cccc(C#N)c2)C1. The van der Waals surface area contributed by atoms with Crippen LogP contribution in [0.4, 0.5) is 4.79 Å². The van der Waals surface area contributed by atoms with Gasteiger partial charge in [0.15, 0.2) is 0 Å². The van der Waals surface area contributed by atoms with Crippen molar-refractivity contribution in [1.29, 1.82) is 5.26 Å². The van der Waals surface area contributed by atoms with Crippen molar-refractivity contribution in [2.75, 3.05) is 13.1 Å². The largest absolute Gasteiger partial charge is 0.445 e. The molecule has 1 aliphatic heterocycles. The van der Waals surface area contributed by atoms with E-state index in [2.05, 4.69) is 26.3 Å². The van der Waals surface area contributed by atoms with E-state index in [1.165, 1.54) is 21.8 Å². The molecular formula is C42H53N9O8. The van der Waals surface area contributed by atoms with Crippen LogP contribution in [0.15, 0.2) is 60.8 Å². The number of rotatable bonds is 18. The van der Waals surface area contributed by atoms with Crippen molar-refractivity contribution >= 4 is 35.5 Å². The Morgan fingerprint density at radius 1 is 1.00 bits per heavy atom. The number of nitrogens with zero attached hydrogens (tertiary/aromatic N) is 5. The van der Waals surface area contributed by atoms with Gasteiger partial charge >= 0.3 is 6.09 Å². The van der Waals surface area contributed by atoms with Crippen LogP contribution < -0.4 is 21.7 Å². The second-order valence-electron chi connectivity index (χ2n) is 15.8. The molecule has 2 aromatic carbocycles. The first kappa shape index (κ1) is 44.0. The molecule has 5 amide bonds. The smallest absolute Gasteiger partial charge is 0.407 e. The standard InChI is InChI=1S/C42H53N9O8/c1-42(2,58)35-24-46-49-51(35)31-22-34(39(55)47-32(36(52)37(44)53)18-9-10-19-45-41(57)59-26-28-14-7-4-8-15-28)50(25-31)40(56)33(21-27-12-5-3-6-13-27)48-38(54)30-17-11-16-29(20-30)23-43/h4,7-8,11,14-17,20,24,27,31-34,58H,3,5-6,9-10,12-13,18-19,21-22,25-26H2,1-2H3,(H2,44,53)(H,45,57)(H,47,55)(H,48,54)/t31-,32?,33+,34-/m0/s1. The summed E-state index contributed by atoms with van der Waals surface area (Å²) in [6, 6.07) is 13.1. The van der Waals surface area contributed by atoms with Crippen LogP contribution in [0.2, 0.25) is 0 Å². The zero-order valence-electron chi connectivity index (χ0n) is 33.5. The monoisotopic (exact) mass is 811 g/mol. The van der Waals surface area contributed by atoms with Crippen molar-refractivity contribution in [2.24, 2.45) is 11.7 Å². The lowest BCUT2D eigenvalue weighted by atomic mass is 9.84. The number of carbonyl (C=O) groups is 6. The lowest BCUT2D eigenvalue weighted by molar-refractivity contribution is -0.142. The number of amides is 5. The molecule has 59 heavy (non-hydrogen) atoms. The van der Waals surface area contributed by atoms with E-state index in [0.717, 1.165) is 37.7 Å². The summed E-state index contributed by atoms with van der Waals surface area (Å²) in [5.74, 6) is -3.95. The Labute approximate surface area is 343 Å². The van der Waals surface area contributed by atoms with Crippen molar-refractivity contribution in [1.82, 2.24) is 35.8 Å². The first-order valence-corrected chi connectivity index (χ1v) is 20.1. The average Bonchev–Trinajstić information content (AvgIpc) is 3.91. The van der Waals surface area contributed by atoms with Crippen molar-refractivity contribution in [3.8, 4) is 6.07 Å². The highest BCUT2D eigenvalue weighted by atomic mass is 16.5. The second kappa shape index (κ2) is 20.5. The summed E-state index contributed by atoms with van der Waals surface area (Å²) in [5, 5.41) is 36.7. The Hall–Kier alpha value is -6.15. The number of Topliss-reactive ketones (excluding diaryl/α,β-unsaturated/α-hetero) is 1. The number of nitrogens with two attached hydrogens (primary N) is 1. The van der Waals surface area contributed by atoms with E-state index < -0.39 is 65.3 Å². The lowest BCUT2D eigenvalue weighted by Crippen LogP contribution is -2.56. The van der Waals surface area contributed by atoms with Gasteiger partial charge in [0.1, 0.15) is 24.3 Å². The van der Waals surface area contributed by atoms with Gasteiger partial charge in [-0.2, -0.15) is 5.26 Å². The summed E-state index contributed by atoms with van der Waals surface area (Å²) in [7, 11) is 0. The molecule has 17 heteroatoms. The van der Waals surface area contributed by atoms with Gasteiger partial charge in [-0.3, -0.25) is 24.0 Å². The molecule has 2 heterocycles. The number of nitrogens with one attached hydrogen (secondary N) is 3. The van der Waals surface area contributed by atoms with Gasteiger partial charge in [0, 0.05) is 25.1 Å². The van der Waals surface area contributed by atoms with Gasteiger partial charge in [-0.15, -0.1) is 5.10 Å². The third kappa shape index (κ3) is 12.2. The number of aliphatic hydroxyl groups is 1. The minimum atomic E-state index is -1.37. The predicted octanol–water partition coefficient (Wildman–Crippen LogP) is 2.92. The number of ketones is 1. The molecule has 1 saturated heterocycles. The molecule has 1 aliphatic carbocycles. The van der Waals surface area contributed by atoms with Crippen molar-refractivity contribution in [3.63, 3.8) is 0 Å². The number of unbranched alkanes of at least 4 members (excludes halogenated alkanes) is 1. The highest BCUT2D eigenvalue weighted by Gasteiger charge is 2.45. The maximum atomic E-state index is 14.8. The number of carbonyl (C=O) groups excluding carboxylic acids is 6. The zero-order valence-corrected chi connectivity index (χ0v) is 33.5. The predicted molar refractivity (Wildman–Crippen MR) is 213 cm³/mol. The van der Waals surface area contributed by atoms with E-state index in [-0.39, 0.29) is 49.6 Å². The third-order valence-corrected chi connectivity index (χ3v) is 10.8. The number of primary amides is 1. The van der Waals surface area contributed by atoms with Crippen LogP contribution in [0.25, 0.3) is 0 Å². The van der Waals surface area contributed by atoms with Crippen LogP contribution in [-0.2, 0) is 36.1 Å². The van der Waals surface area contributed by atoms with Crippen LogP contribution in [0.3, 0.4) is 0 Å². The Morgan fingerprint density at radius 3 is 2.44 bits per heavy atom. The van der Waals surface area contributed by atoms with Crippen LogP contribution >= 0.6 is 0 Å². The summed E-state index contributed by atoms with van der Waals surface area (Å²) in [6.45, 7) is 3.36. The number of likely N-dealkylation sites (tertiary alicyclic amines) is 1. The molecule has 2 fully saturated rings. The van der Waals surface area contributed by atoms with Crippen LogP contribution in [0, 0.1) is 17.2 Å². The second-order valence-corrected chi connectivity index (χ2v) is 15.8. The number of ether oxygens (including phenoxy) is 1. The molecule has 0 bridgehead atoms. The van der Waals surface area contributed by atoms with E-state index >= 15 is 0 Å². The molecule has 0 spiro atoms. The first-order valence-electron chi connectivity index (χ1n) is 20.1. The molecule has 6 N–H and O–H groups in total. The number of benzene rings is 2. The fraction of sp³-hybridized carbons (Fsp3) is 0.500. The third-order valence-electron chi connectivity index (χ3n) is 10.8. The summed E-state index contributed by atoms with van der Waals surface area (Å²) in [6.07, 6.45) is 6.55. The van der Waals surface area contributed by atoms with Gasteiger partial charge in [0.05, 0.1) is 35.6 Å². The zero-order chi connectivity index (χ0) is 42.5. The highest BCUT2D eigenvalue weighted by Crippen LogP contribution is 2.33. The Morgan fingerprint density at radius 2 is 1.75 bits per heavy atom. The van der Waals surface area contributed by atoms with Crippen LogP contribution in [0.1, 0.15) is 111 Å². The lowest BCUT2D eigenvalue weighted by Gasteiger charge is -2.32. The van der Waals surface area contributed by atoms with Crippen LogP contribution in [0.5, 0.6) is 0 Å². The molecule has 1 aromatic heterocycles. The normalized spacial score (nSPS) is 17.9. The number of aromatic nitrogens is 3. The number of alkyl carbamates (subject to hydrolysis) is 1. The number of hydrogen-bond acceptors (Lipinski definition) is 11. The molecule has 3 aromatic rings. The van der Waals surface area contributed by atoms with E-state index in [9.17, 15) is 39.1 Å². The molecule has 2 aliphatic rings. The fourth-order valence-electron chi connectivity index (χ4n) is 7.73. The van der Waals surface area contributed by atoms with E-state index in [4.69, 9.17) is 10.5 Å². The van der Waals surface area contributed by atoms with Gasteiger partial charge in [0.25, 0.3) is 11.8 Å². The molecule has 4 atom stereocenters. The first-order chi connectivity index (χ1) is 28.2. The van der Waals surface area contributed by atoms with E-state index in [1.54, 1.807) is 32.0 Å². The minimum Gasteiger partial charge on any atom is -0.445 e. The molecule has 0 radical (unpaired) electrons. The maximum absolute atomic E-state index is 14.8. The minimum absolute atomic E-state index is 0.00478. The fourth-order valence-corrected chi connectivity index (χ4v) is 7.73. The van der Waals surface area contributed by atoms with Gasteiger partial charge in [-0.1, -0.05) is 73.7 Å². The van der Waals surface area contributed by atoms with E-state index in [0.29, 0.717) is 25.0 Å².